The van der Waals surface area contributed by atoms with Crippen molar-refractivity contribution < 1.29 is 19.7 Å². The van der Waals surface area contributed by atoms with Gasteiger partial charge in [0.25, 0.3) is 0 Å². The van der Waals surface area contributed by atoms with Gasteiger partial charge in [0.1, 0.15) is 0 Å². The molecule has 0 aromatic heterocycles. The molecule has 5 nitrogen and oxygen atoms in total. The van der Waals surface area contributed by atoms with Crippen LogP contribution in [0.15, 0.2) is 0 Å². The summed E-state index contributed by atoms with van der Waals surface area (Å²) in [5.74, 6) is -0.359. The number of likely N-dealkylation sites (N-methyl/N-ethyl adjacent to an activating group) is 1. The van der Waals surface area contributed by atoms with E-state index in [2.05, 4.69) is 4.74 Å². The number of rotatable bonds is 5. The SMILES string of the molecule is COC(=O)CN(C)CC(O)CO. The van der Waals surface area contributed by atoms with Crippen molar-refractivity contribution in [2.24, 2.45) is 0 Å². The molecule has 5 heteroatoms. The van der Waals surface area contributed by atoms with E-state index in [4.69, 9.17) is 10.2 Å². The van der Waals surface area contributed by atoms with Gasteiger partial charge >= 0.3 is 5.97 Å². The second kappa shape index (κ2) is 5.93. The van der Waals surface area contributed by atoms with Crippen molar-refractivity contribution in [1.29, 1.82) is 0 Å². The van der Waals surface area contributed by atoms with Crippen molar-refractivity contribution in [2.45, 2.75) is 6.10 Å². The van der Waals surface area contributed by atoms with Gasteiger partial charge in [-0.05, 0) is 7.05 Å². The first-order valence-electron chi connectivity index (χ1n) is 3.64. The second-order valence-electron chi connectivity index (χ2n) is 2.61. The molecule has 0 aromatic carbocycles. The monoisotopic (exact) mass is 177 g/mol. The molecule has 0 amide bonds. The molecule has 0 spiro atoms. The van der Waals surface area contributed by atoms with Gasteiger partial charge in [0.05, 0.1) is 26.4 Å². The van der Waals surface area contributed by atoms with E-state index in [1.807, 2.05) is 0 Å². The van der Waals surface area contributed by atoms with Crippen LogP contribution >= 0.6 is 0 Å². The molecule has 0 saturated heterocycles. The van der Waals surface area contributed by atoms with Crippen molar-refractivity contribution in [3.05, 3.63) is 0 Å². The number of carbonyl (C=O) groups excluding carboxylic acids is 1. The maximum absolute atomic E-state index is 10.7. The highest BCUT2D eigenvalue weighted by Crippen LogP contribution is 1.88. The summed E-state index contributed by atoms with van der Waals surface area (Å²) < 4.78 is 4.41. The summed E-state index contributed by atoms with van der Waals surface area (Å²) in [5, 5.41) is 17.5. The van der Waals surface area contributed by atoms with Gasteiger partial charge in [0.2, 0.25) is 0 Å². The lowest BCUT2D eigenvalue weighted by atomic mass is 10.3. The minimum absolute atomic E-state index is 0.119. The van der Waals surface area contributed by atoms with E-state index in [0.717, 1.165) is 0 Å². The molecular weight excluding hydrogens is 162 g/mol. The summed E-state index contributed by atoms with van der Waals surface area (Å²) in [5.41, 5.74) is 0. The number of hydrogen-bond donors (Lipinski definition) is 2. The van der Waals surface area contributed by atoms with Gasteiger partial charge in [-0.15, -0.1) is 0 Å². The number of hydrogen-bond acceptors (Lipinski definition) is 5. The van der Waals surface area contributed by atoms with Crippen molar-refractivity contribution in [3.8, 4) is 0 Å². The Labute approximate surface area is 71.6 Å². The van der Waals surface area contributed by atoms with Gasteiger partial charge < -0.3 is 14.9 Å². The van der Waals surface area contributed by atoms with Crippen molar-refractivity contribution in [2.75, 3.05) is 33.9 Å². The van der Waals surface area contributed by atoms with Crippen LogP contribution in [0.1, 0.15) is 0 Å². The van der Waals surface area contributed by atoms with Crippen LogP contribution in [0.4, 0.5) is 0 Å². The summed E-state index contributed by atoms with van der Waals surface area (Å²) in [6.07, 6.45) is -0.806. The van der Waals surface area contributed by atoms with E-state index in [-0.39, 0.29) is 25.7 Å². The highest BCUT2D eigenvalue weighted by molar-refractivity contribution is 5.71. The molecule has 2 N–H and O–H groups in total. The van der Waals surface area contributed by atoms with E-state index >= 15 is 0 Å². The molecule has 0 heterocycles. The number of methoxy groups -OCH3 is 1. The zero-order valence-electron chi connectivity index (χ0n) is 7.36. The van der Waals surface area contributed by atoms with Gasteiger partial charge in [0, 0.05) is 6.54 Å². The molecule has 0 bridgehead atoms. The molecule has 0 aliphatic rings. The van der Waals surface area contributed by atoms with Crippen LogP contribution in [0.2, 0.25) is 0 Å². The third-order valence-electron chi connectivity index (χ3n) is 1.36. The molecule has 0 rings (SSSR count). The molecule has 0 saturated carbocycles. The zero-order chi connectivity index (χ0) is 9.56. The van der Waals surface area contributed by atoms with E-state index < -0.39 is 6.10 Å². The zero-order valence-corrected chi connectivity index (χ0v) is 7.36. The number of esters is 1. The van der Waals surface area contributed by atoms with Gasteiger partial charge in [-0.25, -0.2) is 0 Å². The van der Waals surface area contributed by atoms with E-state index in [1.54, 1.807) is 11.9 Å². The fourth-order valence-corrected chi connectivity index (χ4v) is 0.767. The Bertz CT molecular complexity index is 139. The number of aliphatic hydroxyl groups excluding tert-OH is 2. The summed E-state index contributed by atoms with van der Waals surface area (Å²) in [4.78, 5) is 12.3. The molecule has 0 aliphatic carbocycles. The van der Waals surface area contributed by atoms with E-state index in [0.29, 0.717) is 0 Å². The first kappa shape index (κ1) is 11.4. The Balaban J connectivity index is 3.58. The molecule has 1 unspecified atom stereocenters. The topological polar surface area (TPSA) is 70.0 Å². The van der Waals surface area contributed by atoms with Gasteiger partial charge in [-0.1, -0.05) is 0 Å². The van der Waals surface area contributed by atoms with Crippen LogP contribution in [0.5, 0.6) is 0 Å². The largest absolute Gasteiger partial charge is 0.468 e. The van der Waals surface area contributed by atoms with Gasteiger partial charge in [-0.3, -0.25) is 9.69 Å². The summed E-state index contributed by atoms with van der Waals surface area (Å²) in [7, 11) is 2.97. The summed E-state index contributed by atoms with van der Waals surface area (Å²) in [6.45, 7) is 0.0741. The smallest absolute Gasteiger partial charge is 0.319 e. The fourth-order valence-electron chi connectivity index (χ4n) is 0.767. The first-order chi connectivity index (χ1) is 5.60. The lowest BCUT2D eigenvalue weighted by Gasteiger charge is -2.17. The predicted molar refractivity (Wildman–Crippen MR) is 42.6 cm³/mol. The Hall–Kier alpha value is -0.650. The molecule has 12 heavy (non-hydrogen) atoms. The van der Waals surface area contributed by atoms with E-state index in [1.165, 1.54) is 7.11 Å². The predicted octanol–water partition coefficient (Wildman–Crippen LogP) is -1.56. The molecule has 1 atom stereocenters. The molecule has 72 valence electrons. The van der Waals surface area contributed by atoms with Crippen LogP contribution in [-0.4, -0.2) is 61.0 Å². The normalized spacial score (nSPS) is 13.1. The quantitative estimate of drug-likeness (QED) is 0.497. The minimum atomic E-state index is -0.806. The molecule has 0 radical (unpaired) electrons. The van der Waals surface area contributed by atoms with Crippen molar-refractivity contribution >= 4 is 5.97 Å². The second-order valence-corrected chi connectivity index (χ2v) is 2.61. The highest BCUT2D eigenvalue weighted by Gasteiger charge is 2.10. The standard InChI is InChI=1S/C7H15NO4/c1-8(3-6(10)5-9)4-7(11)12-2/h6,9-10H,3-5H2,1-2H3. The minimum Gasteiger partial charge on any atom is -0.468 e. The molecular formula is C7H15NO4. The lowest BCUT2D eigenvalue weighted by Crippen LogP contribution is -2.35. The number of carbonyl (C=O) groups is 1. The Morgan fingerprint density at radius 3 is 2.67 bits per heavy atom. The van der Waals surface area contributed by atoms with Crippen molar-refractivity contribution in [1.82, 2.24) is 4.90 Å². The van der Waals surface area contributed by atoms with E-state index in [9.17, 15) is 4.79 Å². The van der Waals surface area contributed by atoms with Gasteiger partial charge in [0.15, 0.2) is 0 Å². The lowest BCUT2D eigenvalue weighted by molar-refractivity contribution is -0.141. The molecule has 0 fully saturated rings. The fraction of sp³-hybridized carbons (Fsp3) is 0.857. The van der Waals surface area contributed by atoms with Crippen LogP contribution in [0, 0.1) is 0 Å². The number of ether oxygens (including phenoxy) is 1. The number of aliphatic hydroxyl groups is 2. The molecule has 0 aromatic rings. The van der Waals surface area contributed by atoms with Crippen LogP contribution in [-0.2, 0) is 9.53 Å². The Morgan fingerprint density at radius 1 is 1.67 bits per heavy atom. The molecule has 0 aliphatic heterocycles. The third-order valence-corrected chi connectivity index (χ3v) is 1.36. The van der Waals surface area contributed by atoms with Crippen LogP contribution < -0.4 is 0 Å². The van der Waals surface area contributed by atoms with Crippen molar-refractivity contribution in [3.63, 3.8) is 0 Å². The van der Waals surface area contributed by atoms with Gasteiger partial charge in [-0.2, -0.15) is 0 Å². The Morgan fingerprint density at radius 2 is 2.25 bits per heavy atom. The maximum Gasteiger partial charge on any atom is 0.319 e. The third kappa shape index (κ3) is 5.06. The Kier molecular flexibility index (Phi) is 5.61. The summed E-state index contributed by atoms with van der Waals surface area (Å²) in [6, 6.07) is 0. The first-order valence-corrected chi connectivity index (χ1v) is 3.64. The highest BCUT2D eigenvalue weighted by atomic mass is 16.5. The maximum atomic E-state index is 10.7. The van der Waals surface area contributed by atoms with Crippen LogP contribution in [0.3, 0.4) is 0 Å². The average molecular weight is 177 g/mol. The number of nitrogens with zero attached hydrogens (tertiary/aromatic N) is 1. The average Bonchev–Trinajstić information content (AvgIpc) is 2.03. The van der Waals surface area contributed by atoms with Crippen LogP contribution in [0.25, 0.3) is 0 Å². The summed E-state index contributed by atoms with van der Waals surface area (Å²) >= 11 is 0.